The molecule has 1 aliphatic carbocycles. The first-order valence-electron chi connectivity index (χ1n) is 8.05. The van der Waals surface area contributed by atoms with Gasteiger partial charge in [-0.2, -0.15) is 0 Å². The Morgan fingerprint density at radius 3 is 2.19 bits per heavy atom. The van der Waals surface area contributed by atoms with E-state index >= 15 is 0 Å². The molecule has 0 aromatic heterocycles. The highest BCUT2D eigenvalue weighted by atomic mass is 16.5. The average Bonchev–Trinajstić information content (AvgIpc) is 3.17. The van der Waals surface area contributed by atoms with Gasteiger partial charge >= 0.3 is 0 Å². The summed E-state index contributed by atoms with van der Waals surface area (Å²) in [6, 6.07) is 6.48. The Morgan fingerprint density at radius 1 is 1.10 bits per heavy atom. The van der Waals surface area contributed by atoms with Gasteiger partial charge in [-0.1, -0.05) is 53.7 Å². The van der Waals surface area contributed by atoms with Crippen molar-refractivity contribution in [3.05, 3.63) is 29.3 Å². The molecule has 21 heavy (non-hydrogen) atoms. The van der Waals surface area contributed by atoms with Crippen molar-refractivity contribution < 1.29 is 9.84 Å². The third kappa shape index (κ3) is 4.23. The maximum atomic E-state index is 10.0. The van der Waals surface area contributed by atoms with Gasteiger partial charge in [-0.25, -0.2) is 0 Å². The van der Waals surface area contributed by atoms with Crippen molar-refractivity contribution in [1.29, 1.82) is 0 Å². The van der Waals surface area contributed by atoms with E-state index in [-0.39, 0.29) is 16.9 Å². The second-order valence-electron chi connectivity index (χ2n) is 8.43. The normalized spacial score (nSPS) is 17.7. The summed E-state index contributed by atoms with van der Waals surface area (Å²) in [5.74, 6) is 1.37. The van der Waals surface area contributed by atoms with Gasteiger partial charge in [0.2, 0.25) is 0 Å². The largest absolute Gasteiger partial charge is 0.491 e. The van der Waals surface area contributed by atoms with E-state index in [9.17, 15) is 5.11 Å². The lowest BCUT2D eigenvalue weighted by Gasteiger charge is -2.27. The van der Waals surface area contributed by atoms with Crippen molar-refractivity contribution in [3.8, 4) is 5.75 Å². The molecular formula is C19H30O2. The zero-order chi connectivity index (χ0) is 15.8. The second kappa shape index (κ2) is 5.64. The molecule has 1 aromatic carbocycles. The van der Waals surface area contributed by atoms with Gasteiger partial charge in [0.25, 0.3) is 0 Å². The molecule has 2 nitrogen and oxygen atoms in total. The molecule has 1 aromatic rings. The highest BCUT2D eigenvalue weighted by Gasteiger charge is 2.30. The standard InChI is InChI=1S/C19H30O2/c1-18(2,3)14-9-10-17(15(11-14)19(4,5)6)21-12-16(20)13-7-8-13/h9-11,13,16,20H,7-8,12H2,1-6H3. The van der Waals surface area contributed by atoms with Crippen LogP contribution in [0.2, 0.25) is 0 Å². The van der Waals surface area contributed by atoms with E-state index in [0.29, 0.717) is 12.5 Å². The molecule has 0 aliphatic heterocycles. The lowest BCUT2D eigenvalue weighted by molar-refractivity contribution is 0.0884. The number of hydrogen-bond acceptors (Lipinski definition) is 2. The highest BCUT2D eigenvalue weighted by molar-refractivity contribution is 5.43. The molecule has 1 unspecified atom stereocenters. The van der Waals surface area contributed by atoms with E-state index in [4.69, 9.17) is 4.74 Å². The number of hydrogen-bond donors (Lipinski definition) is 1. The van der Waals surface area contributed by atoms with Gasteiger partial charge in [-0.05, 0) is 46.8 Å². The van der Waals surface area contributed by atoms with Gasteiger partial charge < -0.3 is 9.84 Å². The van der Waals surface area contributed by atoms with Gasteiger partial charge in [-0.15, -0.1) is 0 Å². The van der Waals surface area contributed by atoms with E-state index in [0.717, 1.165) is 18.6 Å². The summed E-state index contributed by atoms with van der Waals surface area (Å²) in [6.45, 7) is 13.7. The number of benzene rings is 1. The number of rotatable bonds is 4. The maximum Gasteiger partial charge on any atom is 0.123 e. The highest BCUT2D eigenvalue weighted by Crippen LogP contribution is 2.37. The molecule has 0 amide bonds. The molecule has 0 spiro atoms. The van der Waals surface area contributed by atoms with Crippen LogP contribution >= 0.6 is 0 Å². The molecule has 1 atom stereocenters. The van der Waals surface area contributed by atoms with Gasteiger partial charge in [0, 0.05) is 0 Å². The SMILES string of the molecule is CC(C)(C)c1ccc(OCC(O)C2CC2)c(C(C)(C)C)c1. The van der Waals surface area contributed by atoms with Crippen LogP contribution in [0.1, 0.15) is 65.5 Å². The van der Waals surface area contributed by atoms with Crippen LogP contribution in [0.4, 0.5) is 0 Å². The summed E-state index contributed by atoms with van der Waals surface area (Å²) in [5.41, 5.74) is 2.70. The van der Waals surface area contributed by atoms with Crippen LogP contribution in [0.25, 0.3) is 0 Å². The minimum atomic E-state index is -0.319. The summed E-state index contributed by atoms with van der Waals surface area (Å²) in [4.78, 5) is 0. The van der Waals surface area contributed by atoms with Crippen LogP contribution in [0, 0.1) is 5.92 Å². The summed E-state index contributed by atoms with van der Waals surface area (Å²) in [7, 11) is 0. The van der Waals surface area contributed by atoms with Crippen LogP contribution in [0.5, 0.6) is 5.75 Å². The van der Waals surface area contributed by atoms with Crippen LogP contribution in [0.3, 0.4) is 0 Å². The minimum Gasteiger partial charge on any atom is -0.491 e. The maximum absolute atomic E-state index is 10.0. The fourth-order valence-electron chi connectivity index (χ4n) is 2.50. The molecule has 1 fully saturated rings. The number of ether oxygens (including phenoxy) is 1. The van der Waals surface area contributed by atoms with E-state index in [1.165, 1.54) is 11.1 Å². The molecule has 1 aliphatic rings. The predicted octanol–water partition coefficient (Wildman–Crippen LogP) is 4.43. The van der Waals surface area contributed by atoms with Crippen molar-refractivity contribution in [2.24, 2.45) is 5.92 Å². The fraction of sp³-hybridized carbons (Fsp3) is 0.684. The van der Waals surface area contributed by atoms with Crippen LogP contribution in [0.15, 0.2) is 18.2 Å². The Hall–Kier alpha value is -1.02. The Labute approximate surface area is 129 Å². The molecule has 2 heteroatoms. The monoisotopic (exact) mass is 290 g/mol. The van der Waals surface area contributed by atoms with E-state index in [2.05, 4.69) is 59.7 Å². The first kappa shape index (κ1) is 16.4. The fourth-order valence-corrected chi connectivity index (χ4v) is 2.50. The zero-order valence-electron chi connectivity index (χ0n) is 14.4. The zero-order valence-corrected chi connectivity index (χ0v) is 14.4. The van der Waals surface area contributed by atoms with Gasteiger partial charge in [0.15, 0.2) is 0 Å². The summed E-state index contributed by atoms with van der Waals surface area (Å²) >= 11 is 0. The first-order valence-corrected chi connectivity index (χ1v) is 8.05. The van der Waals surface area contributed by atoms with E-state index in [1.54, 1.807) is 0 Å². The Morgan fingerprint density at radius 2 is 1.71 bits per heavy atom. The topological polar surface area (TPSA) is 29.5 Å². The van der Waals surface area contributed by atoms with Crippen LogP contribution in [-0.2, 0) is 10.8 Å². The molecule has 2 rings (SSSR count). The molecule has 0 radical (unpaired) electrons. The lowest BCUT2D eigenvalue weighted by atomic mass is 9.80. The summed E-state index contributed by atoms with van der Waals surface area (Å²) < 4.78 is 5.94. The van der Waals surface area contributed by atoms with E-state index < -0.39 is 0 Å². The van der Waals surface area contributed by atoms with Crippen LogP contribution < -0.4 is 4.74 Å². The predicted molar refractivity (Wildman–Crippen MR) is 88.1 cm³/mol. The number of aliphatic hydroxyl groups excluding tert-OH is 1. The van der Waals surface area contributed by atoms with Gasteiger partial charge in [-0.3, -0.25) is 0 Å². The molecular weight excluding hydrogens is 260 g/mol. The van der Waals surface area contributed by atoms with Gasteiger partial charge in [0.1, 0.15) is 12.4 Å². The van der Waals surface area contributed by atoms with Crippen LogP contribution in [-0.4, -0.2) is 17.8 Å². The summed E-state index contributed by atoms with van der Waals surface area (Å²) in [6.07, 6.45) is 1.96. The van der Waals surface area contributed by atoms with Crippen molar-refractivity contribution in [1.82, 2.24) is 0 Å². The summed E-state index contributed by atoms with van der Waals surface area (Å²) in [5, 5.41) is 10.0. The molecule has 118 valence electrons. The van der Waals surface area contributed by atoms with Crippen molar-refractivity contribution in [3.63, 3.8) is 0 Å². The molecule has 0 bridgehead atoms. The first-order chi connectivity index (χ1) is 9.59. The number of aliphatic hydroxyl groups is 1. The van der Waals surface area contributed by atoms with Gasteiger partial charge in [0.05, 0.1) is 6.10 Å². The quantitative estimate of drug-likeness (QED) is 0.889. The third-order valence-corrected chi connectivity index (χ3v) is 4.23. The third-order valence-electron chi connectivity index (χ3n) is 4.23. The molecule has 0 heterocycles. The second-order valence-corrected chi connectivity index (χ2v) is 8.43. The Balaban J connectivity index is 2.22. The molecule has 1 N–H and O–H groups in total. The Kier molecular flexibility index (Phi) is 4.39. The van der Waals surface area contributed by atoms with E-state index in [1.807, 2.05) is 0 Å². The lowest BCUT2D eigenvalue weighted by Crippen LogP contribution is -2.22. The smallest absolute Gasteiger partial charge is 0.123 e. The van der Waals surface area contributed by atoms with Crippen molar-refractivity contribution in [2.75, 3.05) is 6.61 Å². The minimum absolute atomic E-state index is 0.0289. The Bertz CT molecular complexity index is 487. The van der Waals surface area contributed by atoms with Crippen molar-refractivity contribution in [2.45, 2.75) is 71.3 Å². The molecule has 0 saturated heterocycles. The van der Waals surface area contributed by atoms with Crippen molar-refractivity contribution >= 4 is 0 Å². The molecule has 1 saturated carbocycles. The average molecular weight is 290 g/mol.